The number of nitrogens with one attached hydrogen (secondary N) is 1. The zero-order valence-corrected chi connectivity index (χ0v) is 8.12. The van der Waals surface area contributed by atoms with Crippen molar-refractivity contribution >= 4 is 5.82 Å². The van der Waals surface area contributed by atoms with Crippen LogP contribution >= 0.6 is 0 Å². The van der Waals surface area contributed by atoms with Crippen molar-refractivity contribution in [2.45, 2.75) is 13.8 Å². The Kier molecular flexibility index (Phi) is 3.19. The monoisotopic (exact) mass is 180 g/mol. The Hall–Kier alpha value is -1.16. The molecule has 4 nitrogen and oxygen atoms in total. The van der Waals surface area contributed by atoms with Crippen LogP contribution in [0.25, 0.3) is 0 Å². The zero-order valence-electron chi connectivity index (χ0n) is 8.12. The predicted octanol–water partition coefficient (Wildman–Crippen LogP) is 0.873. The number of hydrogen-bond donors (Lipinski definition) is 2. The molecule has 0 bridgehead atoms. The fourth-order valence-corrected chi connectivity index (χ4v) is 0.797. The molecule has 0 aromatic carbocycles. The van der Waals surface area contributed by atoms with Gasteiger partial charge in [-0.2, -0.15) is 0 Å². The molecule has 1 aromatic heterocycles. The van der Waals surface area contributed by atoms with Gasteiger partial charge in [0.25, 0.3) is 0 Å². The Morgan fingerprint density at radius 3 is 2.85 bits per heavy atom. The summed E-state index contributed by atoms with van der Waals surface area (Å²) < 4.78 is 0. The molecule has 0 saturated heterocycles. The SMILES string of the molecule is CC(C)(CN)CNc1ccncn1. The number of nitrogens with zero attached hydrogens (tertiary/aromatic N) is 2. The minimum Gasteiger partial charge on any atom is -0.369 e. The van der Waals surface area contributed by atoms with E-state index in [0.717, 1.165) is 12.4 Å². The molecule has 0 spiro atoms. The number of hydrogen-bond acceptors (Lipinski definition) is 4. The highest BCUT2D eigenvalue weighted by Crippen LogP contribution is 2.12. The molecule has 0 saturated carbocycles. The highest BCUT2D eigenvalue weighted by Gasteiger charge is 2.14. The van der Waals surface area contributed by atoms with Gasteiger partial charge in [0.15, 0.2) is 0 Å². The summed E-state index contributed by atoms with van der Waals surface area (Å²) in [6, 6.07) is 1.84. The minimum absolute atomic E-state index is 0.102. The molecule has 0 amide bonds. The van der Waals surface area contributed by atoms with Gasteiger partial charge >= 0.3 is 0 Å². The lowest BCUT2D eigenvalue weighted by Crippen LogP contribution is -2.31. The normalized spacial score (nSPS) is 11.3. The van der Waals surface area contributed by atoms with Gasteiger partial charge in [0.1, 0.15) is 12.1 Å². The molecule has 4 heteroatoms. The Balaban J connectivity index is 2.44. The van der Waals surface area contributed by atoms with Gasteiger partial charge in [0.05, 0.1) is 0 Å². The van der Waals surface area contributed by atoms with Gasteiger partial charge in [0, 0.05) is 12.7 Å². The number of nitrogens with two attached hydrogens (primary N) is 1. The van der Waals surface area contributed by atoms with E-state index in [9.17, 15) is 0 Å². The summed E-state index contributed by atoms with van der Waals surface area (Å²) in [4.78, 5) is 7.89. The van der Waals surface area contributed by atoms with E-state index >= 15 is 0 Å². The number of rotatable bonds is 4. The smallest absolute Gasteiger partial charge is 0.129 e. The van der Waals surface area contributed by atoms with E-state index < -0.39 is 0 Å². The van der Waals surface area contributed by atoms with E-state index in [1.807, 2.05) is 6.07 Å². The first-order chi connectivity index (χ1) is 6.14. The summed E-state index contributed by atoms with van der Waals surface area (Å²) in [6.45, 7) is 5.70. The summed E-state index contributed by atoms with van der Waals surface area (Å²) in [5.41, 5.74) is 5.70. The Morgan fingerprint density at radius 1 is 1.54 bits per heavy atom. The third kappa shape index (κ3) is 3.38. The lowest BCUT2D eigenvalue weighted by Gasteiger charge is -2.22. The first-order valence-corrected chi connectivity index (χ1v) is 4.34. The minimum atomic E-state index is 0.102. The lowest BCUT2D eigenvalue weighted by molar-refractivity contribution is 0.405. The van der Waals surface area contributed by atoms with E-state index in [4.69, 9.17) is 5.73 Å². The molecular weight excluding hydrogens is 164 g/mol. The molecule has 0 unspecified atom stereocenters. The average Bonchev–Trinajstić information content (AvgIpc) is 2.17. The van der Waals surface area contributed by atoms with Crippen LogP contribution in [0.3, 0.4) is 0 Å². The molecular formula is C9H16N4. The molecule has 0 aliphatic heterocycles. The van der Waals surface area contributed by atoms with Crippen LogP contribution in [0.2, 0.25) is 0 Å². The molecule has 3 N–H and O–H groups in total. The van der Waals surface area contributed by atoms with Gasteiger partial charge in [0.2, 0.25) is 0 Å². The van der Waals surface area contributed by atoms with Crippen LogP contribution in [0.5, 0.6) is 0 Å². The number of anilines is 1. The topological polar surface area (TPSA) is 63.8 Å². The summed E-state index contributed by atoms with van der Waals surface area (Å²) in [6.07, 6.45) is 3.24. The molecule has 1 aromatic rings. The maximum absolute atomic E-state index is 5.60. The summed E-state index contributed by atoms with van der Waals surface area (Å²) in [5, 5.41) is 3.20. The summed E-state index contributed by atoms with van der Waals surface area (Å²) >= 11 is 0. The van der Waals surface area contributed by atoms with E-state index in [2.05, 4.69) is 29.1 Å². The van der Waals surface area contributed by atoms with Crippen LogP contribution in [0.4, 0.5) is 5.82 Å². The van der Waals surface area contributed by atoms with Crippen molar-refractivity contribution in [1.29, 1.82) is 0 Å². The number of aromatic nitrogens is 2. The second-order valence-electron chi connectivity index (χ2n) is 3.82. The van der Waals surface area contributed by atoms with Gasteiger partial charge in [-0.25, -0.2) is 9.97 Å². The average molecular weight is 180 g/mol. The van der Waals surface area contributed by atoms with Crippen molar-refractivity contribution in [3.8, 4) is 0 Å². The fraction of sp³-hybridized carbons (Fsp3) is 0.556. The first-order valence-electron chi connectivity index (χ1n) is 4.34. The molecule has 1 rings (SSSR count). The molecule has 0 aliphatic rings. The van der Waals surface area contributed by atoms with E-state index in [0.29, 0.717) is 6.54 Å². The standard InChI is InChI=1S/C9H16N4/c1-9(2,5-10)6-12-8-3-4-11-7-13-8/h3-4,7H,5-6,10H2,1-2H3,(H,11,12,13). The Bertz CT molecular complexity index is 245. The molecule has 13 heavy (non-hydrogen) atoms. The maximum Gasteiger partial charge on any atom is 0.129 e. The van der Waals surface area contributed by atoms with Crippen molar-refractivity contribution in [1.82, 2.24) is 9.97 Å². The van der Waals surface area contributed by atoms with Crippen LogP contribution in [0.15, 0.2) is 18.6 Å². The van der Waals surface area contributed by atoms with Crippen molar-refractivity contribution in [3.63, 3.8) is 0 Å². The zero-order chi connectivity index (χ0) is 9.73. The Morgan fingerprint density at radius 2 is 2.31 bits per heavy atom. The van der Waals surface area contributed by atoms with Crippen LogP contribution in [0, 0.1) is 5.41 Å². The van der Waals surface area contributed by atoms with Crippen molar-refractivity contribution in [3.05, 3.63) is 18.6 Å². The van der Waals surface area contributed by atoms with Crippen LogP contribution < -0.4 is 11.1 Å². The fourth-order valence-electron chi connectivity index (χ4n) is 0.797. The molecule has 0 atom stereocenters. The molecule has 0 fully saturated rings. The van der Waals surface area contributed by atoms with Gasteiger partial charge in [-0.3, -0.25) is 0 Å². The molecule has 72 valence electrons. The van der Waals surface area contributed by atoms with Crippen LogP contribution in [-0.4, -0.2) is 23.1 Å². The van der Waals surface area contributed by atoms with Crippen molar-refractivity contribution in [2.75, 3.05) is 18.4 Å². The maximum atomic E-state index is 5.60. The quantitative estimate of drug-likeness (QED) is 0.721. The largest absolute Gasteiger partial charge is 0.369 e. The third-order valence-corrected chi connectivity index (χ3v) is 1.88. The summed E-state index contributed by atoms with van der Waals surface area (Å²) in [7, 11) is 0. The van der Waals surface area contributed by atoms with E-state index in [-0.39, 0.29) is 5.41 Å². The predicted molar refractivity (Wildman–Crippen MR) is 53.4 cm³/mol. The Labute approximate surface area is 78.6 Å². The second-order valence-corrected chi connectivity index (χ2v) is 3.82. The second kappa shape index (κ2) is 4.18. The third-order valence-electron chi connectivity index (χ3n) is 1.88. The van der Waals surface area contributed by atoms with Crippen LogP contribution in [0.1, 0.15) is 13.8 Å². The van der Waals surface area contributed by atoms with Gasteiger partial charge < -0.3 is 11.1 Å². The highest BCUT2D eigenvalue weighted by molar-refractivity contribution is 5.31. The molecule has 0 radical (unpaired) electrons. The highest BCUT2D eigenvalue weighted by atomic mass is 15.0. The van der Waals surface area contributed by atoms with Crippen molar-refractivity contribution < 1.29 is 0 Å². The van der Waals surface area contributed by atoms with Gasteiger partial charge in [-0.15, -0.1) is 0 Å². The van der Waals surface area contributed by atoms with Crippen LogP contribution in [-0.2, 0) is 0 Å². The van der Waals surface area contributed by atoms with E-state index in [1.165, 1.54) is 6.33 Å². The van der Waals surface area contributed by atoms with Gasteiger partial charge in [-0.05, 0) is 18.0 Å². The van der Waals surface area contributed by atoms with Crippen molar-refractivity contribution in [2.24, 2.45) is 11.1 Å². The molecule has 1 heterocycles. The van der Waals surface area contributed by atoms with Gasteiger partial charge in [-0.1, -0.05) is 13.8 Å². The first kappa shape index (κ1) is 9.92. The summed E-state index contributed by atoms with van der Waals surface area (Å²) in [5.74, 6) is 0.844. The lowest BCUT2D eigenvalue weighted by atomic mass is 9.94. The molecule has 0 aliphatic carbocycles. The van der Waals surface area contributed by atoms with E-state index in [1.54, 1.807) is 6.20 Å².